The Labute approximate surface area is 179 Å². The van der Waals surface area contributed by atoms with Gasteiger partial charge in [-0.3, -0.25) is 4.98 Å². The molecule has 0 atom stereocenters. The highest BCUT2D eigenvalue weighted by molar-refractivity contribution is 5.67. The first-order valence-corrected chi connectivity index (χ1v) is 10.9. The average Bonchev–Trinajstić information content (AvgIpc) is 3.31. The van der Waals surface area contributed by atoms with Crippen LogP contribution in [0.5, 0.6) is 11.5 Å². The minimum Gasteiger partial charge on any atom is -0.493 e. The van der Waals surface area contributed by atoms with E-state index in [0.717, 1.165) is 54.2 Å². The van der Waals surface area contributed by atoms with E-state index in [9.17, 15) is 0 Å². The summed E-state index contributed by atoms with van der Waals surface area (Å²) in [7, 11) is 1.70. The number of pyridine rings is 1. The molecule has 1 saturated carbocycles. The summed E-state index contributed by atoms with van der Waals surface area (Å²) in [5, 5.41) is 0. The summed E-state index contributed by atoms with van der Waals surface area (Å²) in [6.07, 6.45) is 9.76. The predicted molar refractivity (Wildman–Crippen MR) is 122 cm³/mol. The maximum Gasteiger partial charge on any atom is 0.163 e. The fourth-order valence-electron chi connectivity index (χ4n) is 4.03. The second kappa shape index (κ2) is 9.66. The second-order valence-corrected chi connectivity index (χ2v) is 7.83. The van der Waals surface area contributed by atoms with Crippen molar-refractivity contribution in [3.8, 4) is 11.5 Å². The lowest BCUT2D eigenvalue weighted by molar-refractivity contribution is 0.201. The van der Waals surface area contributed by atoms with Crippen LogP contribution in [0.3, 0.4) is 0 Å². The van der Waals surface area contributed by atoms with Crippen molar-refractivity contribution < 1.29 is 9.47 Å². The third-order valence-electron chi connectivity index (χ3n) is 5.77. The summed E-state index contributed by atoms with van der Waals surface area (Å²) in [5.41, 5.74) is 4.72. The van der Waals surface area contributed by atoms with Gasteiger partial charge in [0, 0.05) is 36.4 Å². The zero-order valence-electron chi connectivity index (χ0n) is 17.9. The molecule has 1 aromatic heterocycles. The molecule has 156 valence electrons. The summed E-state index contributed by atoms with van der Waals surface area (Å²) in [5.74, 6) is 1.61. The summed E-state index contributed by atoms with van der Waals surface area (Å²) in [6.45, 7) is 2.91. The molecule has 0 radical (unpaired) electrons. The lowest BCUT2D eigenvalue weighted by Gasteiger charge is -2.27. The largest absolute Gasteiger partial charge is 0.493 e. The number of methoxy groups -OCH3 is 1. The Morgan fingerprint density at radius 3 is 2.37 bits per heavy atom. The molecule has 0 amide bonds. The van der Waals surface area contributed by atoms with Gasteiger partial charge in [-0.15, -0.1) is 0 Å². The van der Waals surface area contributed by atoms with E-state index in [0.29, 0.717) is 0 Å². The van der Waals surface area contributed by atoms with Crippen molar-refractivity contribution in [1.29, 1.82) is 0 Å². The van der Waals surface area contributed by atoms with Gasteiger partial charge in [-0.25, -0.2) is 0 Å². The standard InChI is InChI=1S/C26H30N2O2/c1-3-20-10-12-22(13-11-20)28(19-21-7-6-16-27-18-21)23-14-15-25(29-2)26(17-23)30-24-8-4-5-9-24/h6-7,10-18,24H,3-5,8-9,19H2,1-2H3. The molecule has 1 fully saturated rings. The zero-order chi connectivity index (χ0) is 20.8. The molecule has 3 aromatic rings. The van der Waals surface area contributed by atoms with Gasteiger partial charge in [0.2, 0.25) is 0 Å². The number of hydrogen-bond donors (Lipinski definition) is 0. The molecular weight excluding hydrogens is 372 g/mol. The second-order valence-electron chi connectivity index (χ2n) is 7.83. The molecule has 30 heavy (non-hydrogen) atoms. The van der Waals surface area contributed by atoms with Gasteiger partial charge in [0.15, 0.2) is 11.5 Å². The molecular formula is C26H30N2O2. The van der Waals surface area contributed by atoms with Crippen LogP contribution in [-0.2, 0) is 13.0 Å². The fraction of sp³-hybridized carbons (Fsp3) is 0.346. The number of hydrogen-bond acceptors (Lipinski definition) is 4. The maximum atomic E-state index is 6.35. The van der Waals surface area contributed by atoms with Crippen LogP contribution in [0.1, 0.15) is 43.7 Å². The highest BCUT2D eigenvalue weighted by Crippen LogP contribution is 2.37. The van der Waals surface area contributed by atoms with E-state index in [1.165, 1.54) is 18.4 Å². The molecule has 4 heteroatoms. The monoisotopic (exact) mass is 402 g/mol. The van der Waals surface area contributed by atoms with Gasteiger partial charge >= 0.3 is 0 Å². The number of nitrogens with zero attached hydrogens (tertiary/aromatic N) is 2. The van der Waals surface area contributed by atoms with Gasteiger partial charge in [0.1, 0.15) is 0 Å². The van der Waals surface area contributed by atoms with Crippen LogP contribution in [0.4, 0.5) is 11.4 Å². The average molecular weight is 403 g/mol. The van der Waals surface area contributed by atoms with Crippen molar-refractivity contribution in [3.05, 3.63) is 78.1 Å². The first-order valence-electron chi connectivity index (χ1n) is 10.9. The normalized spacial score (nSPS) is 13.9. The third kappa shape index (κ3) is 4.76. The Hall–Kier alpha value is -3.01. The number of anilines is 2. The third-order valence-corrected chi connectivity index (χ3v) is 5.77. The van der Waals surface area contributed by atoms with E-state index in [4.69, 9.17) is 9.47 Å². The molecule has 4 nitrogen and oxygen atoms in total. The minimum atomic E-state index is 0.282. The first-order chi connectivity index (χ1) is 14.8. The van der Waals surface area contributed by atoms with Crippen molar-refractivity contribution in [3.63, 3.8) is 0 Å². The van der Waals surface area contributed by atoms with E-state index in [1.807, 2.05) is 24.5 Å². The number of aromatic nitrogens is 1. The molecule has 0 aliphatic heterocycles. The topological polar surface area (TPSA) is 34.6 Å². The van der Waals surface area contributed by atoms with Crippen LogP contribution >= 0.6 is 0 Å². The Bertz CT molecular complexity index is 935. The number of benzene rings is 2. The first kappa shape index (κ1) is 20.3. The smallest absolute Gasteiger partial charge is 0.163 e. The minimum absolute atomic E-state index is 0.282. The quantitative estimate of drug-likeness (QED) is 0.442. The number of rotatable bonds is 8. The van der Waals surface area contributed by atoms with E-state index < -0.39 is 0 Å². The van der Waals surface area contributed by atoms with Crippen molar-refractivity contribution in [2.45, 2.75) is 51.7 Å². The lowest BCUT2D eigenvalue weighted by atomic mass is 10.1. The molecule has 4 rings (SSSR count). The Kier molecular flexibility index (Phi) is 6.53. The van der Waals surface area contributed by atoms with E-state index in [-0.39, 0.29) is 6.10 Å². The Balaban J connectivity index is 1.69. The van der Waals surface area contributed by atoms with Gasteiger partial charge in [-0.1, -0.05) is 25.1 Å². The molecule has 0 unspecified atom stereocenters. The van der Waals surface area contributed by atoms with Gasteiger partial charge < -0.3 is 14.4 Å². The van der Waals surface area contributed by atoms with E-state index in [1.54, 1.807) is 7.11 Å². The van der Waals surface area contributed by atoms with E-state index in [2.05, 4.69) is 59.3 Å². The van der Waals surface area contributed by atoms with Crippen molar-refractivity contribution >= 4 is 11.4 Å². The zero-order valence-corrected chi connectivity index (χ0v) is 17.9. The van der Waals surface area contributed by atoms with Crippen LogP contribution in [-0.4, -0.2) is 18.2 Å². The van der Waals surface area contributed by atoms with Crippen molar-refractivity contribution in [2.24, 2.45) is 0 Å². The number of aryl methyl sites for hydroxylation is 1. The Morgan fingerprint density at radius 2 is 1.70 bits per heavy atom. The Morgan fingerprint density at radius 1 is 0.933 bits per heavy atom. The molecule has 0 saturated heterocycles. The van der Waals surface area contributed by atoms with Crippen LogP contribution in [0.2, 0.25) is 0 Å². The van der Waals surface area contributed by atoms with Crippen LogP contribution in [0.15, 0.2) is 67.0 Å². The molecule has 0 N–H and O–H groups in total. The fourth-order valence-corrected chi connectivity index (χ4v) is 4.03. The lowest BCUT2D eigenvalue weighted by Crippen LogP contribution is -2.17. The molecule has 2 aromatic carbocycles. The summed E-state index contributed by atoms with van der Waals surface area (Å²) in [6, 6.07) is 19.1. The number of ether oxygens (including phenoxy) is 2. The van der Waals surface area contributed by atoms with E-state index >= 15 is 0 Å². The van der Waals surface area contributed by atoms with Gasteiger partial charge in [-0.2, -0.15) is 0 Å². The summed E-state index contributed by atoms with van der Waals surface area (Å²) >= 11 is 0. The molecule has 1 aliphatic carbocycles. The van der Waals surface area contributed by atoms with Crippen LogP contribution in [0.25, 0.3) is 0 Å². The summed E-state index contributed by atoms with van der Waals surface area (Å²) < 4.78 is 11.9. The predicted octanol–water partition coefficient (Wildman–Crippen LogP) is 6.31. The SMILES string of the molecule is CCc1ccc(N(Cc2cccnc2)c2ccc(OC)c(OC3CCCC3)c2)cc1. The van der Waals surface area contributed by atoms with Gasteiger partial charge in [0.05, 0.1) is 13.2 Å². The molecule has 0 spiro atoms. The van der Waals surface area contributed by atoms with Gasteiger partial charge in [0.25, 0.3) is 0 Å². The van der Waals surface area contributed by atoms with Gasteiger partial charge in [-0.05, 0) is 73.6 Å². The van der Waals surface area contributed by atoms with Crippen molar-refractivity contribution in [1.82, 2.24) is 4.98 Å². The van der Waals surface area contributed by atoms with Crippen LogP contribution in [0, 0.1) is 0 Å². The molecule has 1 heterocycles. The highest BCUT2D eigenvalue weighted by atomic mass is 16.5. The maximum absolute atomic E-state index is 6.35. The molecule has 1 aliphatic rings. The van der Waals surface area contributed by atoms with Crippen LogP contribution < -0.4 is 14.4 Å². The summed E-state index contributed by atoms with van der Waals surface area (Å²) in [4.78, 5) is 6.60. The van der Waals surface area contributed by atoms with Crippen molar-refractivity contribution in [2.75, 3.05) is 12.0 Å². The molecule has 0 bridgehead atoms. The highest BCUT2D eigenvalue weighted by Gasteiger charge is 2.20.